The van der Waals surface area contributed by atoms with Crippen LogP contribution in [0.5, 0.6) is 0 Å². The van der Waals surface area contributed by atoms with Crippen LogP contribution in [0.4, 0.5) is 0 Å². The number of ether oxygens (including phenoxy) is 1. The maximum absolute atomic E-state index is 12.1. The van der Waals surface area contributed by atoms with Gasteiger partial charge in [0.05, 0.1) is 11.0 Å². The second-order valence-corrected chi connectivity index (χ2v) is 6.72. The van der Waals surface area contributed by atoms with Gasteiger partial charge in [0.1, 0.15) is 6.61 Å². The van der Waals surface area contributed by atoms with E-state index in [1.54, 1.807) is 19.2 Å². The molecule has 0 bridgehead atoms. The molecule has 0 spiro atoms. The number of halogens is 1. The highest BCUT2D eigenvalue weighted by atomic mass is 35.5. The van der Waals surface area contributed by atoms with E-state index in [1.165, 1.54) is 17.0 Å². The normalized spacial score (nSPS) is 20.2. The average molecular weight is 319 g/mol. The molecule has 0 aromatic heterocycles. The van der Waals surface area contributed by atoms with Gasteiger partial charge in [-0.25, -0.2) is 13.1 Å². The Morgan fingerprint density at radius 1 is 1.50 bits per heavy atom. The predicted octanol–water partition coefficient (Wildman–Crippen LogP) is 0.475. The summed E-state index contributed by atoms with van der Waals surface area (Å²) in [5.41, 5.74) is 0. The molecule has 1 heterocycles. The fraction of sp³-hybridized carbons (Fsp3) is 0.417. The molecule has 20 heavy (non-hydrogen) atoms. The molecule has 1 unspecified atom stereocenters. The number of morpholine rings is 1. The zero-order chi connectivity index (χ0) is 14.8. The van der Waals surface area contributed by atoms with Crippen molar-refractivity contribution in [3.63, 3.8) is 0 Å². The van der Waals surface area contributed by atoms with Crippen LogP contribution in [0.3, 0.4) is 0 Å². The molecule has 0 radical (unpaired) electrons. The number of amides is 1. The van der Waals surface area contributed by atoms with Crippen molar-refractivity contribution in [1.29, 1.82) is 0 Å². The molecule has 1 aliphatic heterocycles. The minimum absolute atomic E-state index is 0.0277. The summed E-state index contributed by atoms with van der Waals surface area (Å²) in [6.45, 7) is 0.434. The van der Waals surface area contributed by atoms with Gasteiger partial charge >= 0.3 is 0 Å². The molecule has 1 amide bonds. The molecule has 1 atom stereocenters. The Hall–Kier alpha value is -1.15. The van der Waals surface area contributed by atoms with Crippen molar-refractivity contribution in [1.82, 2.24) is 9.62 Å². The minimum Gasteiger partial charge on any atom is -0.365 e. The molecule has 0 saturated carbocycles. The van der Waals surface area contributed by atoms with Crippen LogP contribution in [0.2, 0.25) is 5.02 Å². The third kappa shape index (κ3) is 3.69. The standard InChI is InChI=1S/C12H15ClN2O4S/c1-15-7-10(19-8-12(15)16)6-14-20(17,18)11-4-2-3-9(13)5-11/h2-5,10,14H,6-8H2,1H3. The first-order valence-corrected chi connectivity index (χ1v) is 7.85. The fourth-order valence-corrected chi connectivity index (χ4v) is 3.17. The first-order chi connectivity index (χ1) is 9.38. The summed E-state index contributed by atoms with van der Waals surface area (Å²) in [5, 5.41) is 0.354. The van der Waals surface area contributed by atoms with E-state index < -0.39 is 10.0 Å². The van der Waals surface area contributed by atoms with Crippen molar-refractivity contribution in [2.24, 2.45) is 0 Å². The predicted molar refractivity (Wildman–Crippen MR) is 74.0 cm³/mol. The molecular formula is C12H15ClN2O4S. The molecule has 1 saturated heterocycles. The lowest BCUT2D eigenvalue weighted by atomic mass is 10.3. The smallest absolute Gasteiger partial charge is 0.248 e. The summed E-state index contributed by atoms with van der Waals surface area (Å²) in [6, 6.07) is 6.01. The SMILES string of the molecule is CN1CC(CNS(=O)(=O)c2cccc(Cl)c2)OCC1=O. The van der Waals surface area contributed by atoms with Gasteiger partial charge in [-0.1, -0.05) is 17.7 Å². The van der Waals surface area contributed by atoms with Gasteiger partial charge in [-0.15, -0.1) is 0 Å². The van der Waals surface area contributed by atoms with Crippen LogP contribution in [-0.2, 0) is 19.6 Å². The van der Waals surface area contributed by atoms with Crippen LogP contribution >= 0.6 is 11.6 Å². The van der Waals surface area contributed by atoms with Gasteiger partial charge in [0.15, 0.2) is 0 Å². The Balaban J connectivity index is 1.98. The van der Waals surface area contributed by atoms with E-state index in [-0.39, 0.29) is 30.1 Å². The first-order valence-electron chi connectivity index (χ1n) is 5.99. The largest absolute Gasteiger partial charge is 0.365 e. The lowest BCUT2D eigenvalue weighted by Gasteiger charge is -2.29. The summed E-state index contributed by atoms with van der Waals surface area (Å²) in [6.07, 6.45) is -0.355. The number of nitrogens with zero attached hydrogens (tertiary/aromatic N) is 1. The zero-order valence-corrected chi connectivity index (χ0v) is 12.4. The lowest BCUT2D eigenvalue weighted by Crippen LogP contribution is -2.48. The van der Waals surface area contributed by atoms with E-state index in [0.29, 0.717) is 11.6 Å². The van der Waals surface area contributed by atoms with E-state index in [1.807, 2.05) is 0 Å². The summed E-state index contributed by atoms with van der Waals surface area (Å²) < 4.78 is 31.9. The third-order valence-electron chi connectivity index (χ3n) is 2.95. The maximum Gasteiger partial charge on any atom is 0.248 e. The van der Waals surface area contributed by atoms with Crippen LogP contribution in [0.15, 0.2) is 29.2 Å². The molecule has 1 aromatic rings. The van der Waals surface area contributed by atoms with Crippen LogP contribution in [0.1, 0.15) is 0 Å². The molecule has 0 aliphatic carbocycles. The van der Waals surface area contributed by atoms with Gasteiger partial charge in [-0.2, -0.15) is 0 Å². The molecule has 1 fully saturated rings. The van der Waals surface area contributed by atoms with E-state index >= 15 is 0 Å². The van der Waals surface area contributed by atoms with Crippen molar-refractivity contribution in [2.45, 2.75) is 11.0 Å². The molecule has 1 aromatic carbocycles. The van der Waals surface area contributed by atoms with Crippen molar-refractivity contribution in [2.75, 3.05) is 26.7 Å². The summed E-state index contributed by atoms with van der Waals surface area (Å²) in [5.74, 6) is -0.112. The van der Waals surface area contributed by atoms with Gasteiger partial charge in [0, 0.05) is 25.2 Å². The lowest BCUT2D eigenvalue weighted by molar-refractivity contribution is -0.146. The molecule has 8 heteroatoms. The van der Waals surface area contributed by atoms with Gasteiger partial charge in [0.2, 0.25) is 15.9 Å². The van der Waals surface area contributed by atoms with Crippen LogP contribution < -0.4 is 4.72 Å². The number of sulfonamides is 1. The van der Waals surface area contributed by atoms with Gasteiger partial charge < -0.3 is 9.64 Å². The topological polar surface area (TPSA) is 75.7 Å². The van der Waals surface area contributed by atoms with Crippen molar-refractivity contribution >= 4 is 27.5 Å². The average Bonchev–Trinajstić information content (AvgIpc) is 2.40. The molecule has 1 N–H and O–H groups in total. The minimum atomic E-state index is -3.63. The maximum atomic E-state index is 12.1. The highest BCUT2D eigenvalue weighted by Crippen LogP contribution is 2.15. The Bertz CT molecular complexity index is 605. The number of benzene rings is 1. The Labute approximate surface area is 122 Å². The number of likely N-dealkylation sites (N-methyl/N-ethyl adjacent to an activating group) is 1. The number of carbonyl (C=O) groups is 1. The van der Waals surface area contributed by atoms with E-state index in [9.17, 15) is 13.2 Å². The van der Waals surface area contributed by atoms with Crippen LogP contribution in [0, 0.1) is 0 Å². The fourth-order valence-electron chi connectivity index (χ4n) is 1.80. The summed E-state index contributed by atoms with van der Waals surface area (Å²) in [4.78, 5) is 12.9. The van der Waals surface area contributed by atoms with Crippen LogP contribution in [0.25, 0.3) is 0 Å². The number of hydrogen-bond donors (Lipinski definition) is 1. The second-order valence-electron chi connectivity index (χ2n) is 4.52. The Morgan fingerprint density at radius 3 is 2.90 bits per heavy atom. The zero-order valence-electron chi connectivity index (χ0n) is 10.9. The second kappa shape index (κ2) is 6.09. The number of hydrogen-bond acceptors (Lipinski definition) is 4. The molecule has 2 rings (SSSR count). The molecule has 6 nitrogen and oxygen atoms in total. The van der Waals surface area contributed by atoms with Gasteiger partial charge in [-0.3, -0.25) is 4.79 Å². The van der Waals surface area contributed by atoms with Crippen molar-refractivity contribution in [3.8, 4) is 0 Å². The Kier molecular flexibility index (Phi) is 4.64. The van der Waals surface area contributed by atoms with Gasteiger partial charge in [0.25, 0.3) is 0 Å². The highest BCUT2D eigenvalue weighted by molar-refractivity contribution is 7.89. The van der Waals surface area contributed by atoms with E-state index in [4.69, 9.17) is 16.3 Å². The third-order valence-corrected chi connectivity index (χ3v) is 4.61. The quantitative estimate of drug-likeness (QED) is 0.876. The molecule has 110 valence electrons. The molecule has 1 aliphatic rings. The number of carbonyl (C=O) groups excluding carboxylic acids is 1. The highest BCUT2D eigenvalue weighted by Gasteiger charge is 2.25. The number of nitrogens with one attached hydrogen (secondary N) is 1. The monoisotopic (exact) mass is 318 g/mol. The first kappa shape index (κ1) is 15.2. The number of rotatable bonds is 4. The van der Waals surface area contributed by atoms with Gasteiger partial charge in [-0.05, 0) is 18.2 Å². The molecular weight excluding hydrogens is 304 g/mol. The summed E-state index contributed by atoms with van der Waals surface area (Å²) >= 11 is 5.77. The van der Waals surface area contributed by atoms with Crippen LogP contribution in [-0.4, -0.2) is 52.1 Å². The van der Waals surface area contributed by atoms with E-state index in [0.717, 1.165) is 0 Å². The van der Waals surface area contributed by atoms with E-state index in [2.05, 4.69) is 4.72 Å². The summed E-state index contributed by atoms with van der Waals surface area (Å²) in [7, 11) is -1.97. The Morgan fingerprint density at radius 2 is 2.25 bits per heavy atom. The van der Waals surface area contributed by atoms with Crippen molar-refractivity contribution in [3.05, 3.63) is 29.3 Å². The van der Waals surface area contributed by atoms with Crippen molar-refractivity contribution < 1.29 is 17.9 Å².